The molecule has 28 heavy (non-hydrogen) atoms. The van der Waals surface area contributed by atoms with E-state index in [9.17, 15) is 22.8 Å². The predicted molar refractivity (Wildman–Crippen MR) is 102 cm³/mol. The molecule has 1 saturated heterocycles. The molecule has 0 unspecified atom stereocenters. The molecule has 0 spiro atoms. The van der Waals surface area contributed by atoms with Gasteiger partial charge in [-0.3, -0.25) is 4.79 Å². The predicted octanol–water partition coefficient (Wildman–Crippen LogP) is 5.05. The van der Waals surface area contributed by atoms with Gasteiger partial charge in [-0.05, 0) is 17.7 Å². The van der Waals surface area contributed by atoms with E-state index < -0.39 is 46.1 Å². The summed E-state index contributed by atoms with van der Waals surface area (Å²) in [5.41, 5.74) is -1.60. The van der Waals surface area contributed by atoms with E-state index >= 15 is 0 Å². The highest BCUT2D eigenvalue weighted by Crippen LogP contribution is 2.43. The van der Waals surface area contributed by atoms with Crippen molar-refractivity contribution in [2.45, 2.75) is 22.0 Å². The number of thioether (sulfide) groups is 1. The summed E-state index contributed by atoms with van der Waals surface area (Å²) in [5.74, 6) is -0.923. The van der Waals surface area contributed by atoms with Crippen LogP contribution in [0.3, 0.4) is 0 Å². The van der Waals surface area contributed by atoms with Crippen molar-refractivity contribution in [1.82, 2.24) is 0 Å². The van der Waals surface area contributed by atoms with Gasteiger partial charge in [-0.15, -0.1) is 0 Å². The molecule has 1 aromatic carbocycles. The Labute approximate surface area is 178 Å². The van der Waals surface area contributed by atoms with Crippen molar-refractivity contribution in [1.29, 1.82) is 0 Å². The van der Waals surface area contributed by atoms with Gasteiger partial charge in [-0.25, -0.2) is 4.79 Å². The minimum absolute atomic E-state index is 0.200. The molecule has 1 fully saturated rings. The molecule has 1 aliphatic heterocycles. The highest BCUT2D eigenvalue weighted by atomic mass is 35.6. The summed E-state index contributed by atoms with van der Waals surface area (Å²) in [4.78, 5) is 24.0. The Balaban J connectivity index is 1.99. The lowest BCUT2D eigenvalue weighted by atomic mass is 9.95. The number of ether oxygens (including phenoxy) is 2. The Hall–Kier alpha value is -1.09. The van der Waals surface area contributed by atoms with E-state index in [0.29, 0.717) is 17.1 Å². The van der Waals surface area contributed by atoms with Crippen molar-refractivity contribution in [3.05, 3.63) is 47.5 Å². The first-order chi connectivity index (χ1) is 12.8. The van der Waals surface area contributed by atoms with Crippen LogP contribution in [0, 0.1) is 0 Å². The van der Waals surface area contributed by atoms with Crippen LogP contribution in [-0.2, 0) is 30.8 Å². The van der Waals surface area contributed by atoms with Crippen LogP contribution in [0.1, 0.15) is 17.5 Å². The average Bonchev–Trinajstić information content (AvgIpc) is 2.54. The molecule has 0 aliphatic carbocycles. The SMILES string of the molecule is C=C(CC(=O)OC1(c2ccc(C(F)(F)F)cc2)CSC1)C(=O)OCC(Cl)(Cl)Cl. The fraction of sp³-hybridized carbons (Fsp3) is 0.412. The standard InChI is InChI=1S/C17H14Cl3F3O4S/c1-10(14(25)26-7-16(18,19)20)6-13(24)27-15(8-28-9-15)11-2-4-12(5-3-11)17(21,22)23/h2-5H,1,6-9H2. The number of carbonyl (C=O) groups is 2. The van der Waals surface area contributed by atoms with E-state index in [1.807, 2.05) is 0 Å². The number of hydrogen-bond donors (Lipinski definition) is 0. The van der Waals surface area contributed by atoms with Crippen LogP contribution < -0.4 is 0 Å². The molecule has 0 saturated carbocycles. The summed E-state index contributed by atoms with van der Waals surface area (Å²) >= 11 is 17.9. The monoisotopic (exact) mass is 476 g/mol. The van der Waals surface area contributed by atoms with Gasteiger partial charge in [0.15, 0.2) is 5.60 Å². The van der Waals surface area contributed by atoms with Gasteiger partial charge in [0.1, 0.15) is 6.61 Å². The average molecular weight is 478 g/mol. The maximum atomic E-state index is 12.7. The van der Waals surface area contributed by atoms with E-state index in [4.69, 9.17) is 44.3 Å². The van der Waals surface area contributed by atoms with Gasteiger partial charge >= 0.3 is 18.1 Å². The lowest BCUT2D eigenvalue weighted by Gasteiger charge is -2.40. The first kappa shape index (κ1) is 23.2. The van der Waals surface area contributed by atoms with Gasteiger partial charge in [0, 0.05) is 17.1 Å². The summed E-state index contributed by atoms with van der Waals surface area (Å²) < 4.78 is 46.5. The summed E-state index contributed by atoms with van der Waals surface area (Å²) in [6.07, 6.45) is -4.92. The molecule has 0 atom stereocenters. The number of carbonyl (C=O) groups excluding carboxylic acids is 2. The molecule has 0 radical (unpaired) electrons. The summed E-state index contributed by atoms with van der Waals surface area (Å²) in [6, 6.07) is 4.42. The van der Waals surface area contributed by atoms with Gasteiger partial charge in [0.25, 0.3) is 0 Å². The second kappa shape index (κ2) is 8.73. The Bertz CT molecular complexity index is 756. The van der Waals surface area contributed by atoms with Crippen molar-refractivity contribution in [2.75, 3.05) is 18.1 Å². The zero-order valence-electron chi connectivity index (χ0n) is 14.2. The molecule has 2 rings (SSSR count). The number of halogens is 6. The smallest absolute Gasteiger partial charge is 0.416 e. The number of benzene rings is 1. The molecule has 0 bridgehead atoms. The highest BCUT2D eigenvalue weighted by molar-refractivity contribution is 8.00. The van der Waals surface area contributed by atoms with E-state index in [2.05, 4.69) is 6.58 Å². The molecule has 1 aromatic rings. The van der Waals surface area contributed by atoms with Crippen molar-refractivity contribution < 1.29 is 32.2 Å². The Morgan fingerprint density at radius 1 is 1.14 bits per heavy atom. The quantitative estimate of drug-likeness (QED) is 0.326. The third kappa shape index (κ3) is 6.20. The van der Waals surface area contributed by atoms with Crippen LogP contribution in [-0.4, -0.2) is 33.8 Å². The van der Waals surface area contributed by atoms with Crippen molar-refractivity contribution in [3.63, 3.8) is 0 Å². The molecule has 1 heterocycles. The van der Waals surface area contributed by atoms with E-state index in [1.165, 1.54) is 23.9 Å². The van der Waals surface area contributed by atoms with Crippen LogP contribution in [0.4, 0.5) is 13.2 Å². The minimum atomic E-state index is -4.46. The lowest BCUT2D eigenvalue weighted by molar-refractivity contribution is -0.158. The van der Waals surface area contributed by atoms with Crippen LogP contribution >= 0.6 is 46.6 Å². The first-order valence-electron chi connectivity index (χ1n) is 7.71. The summed E-state index contributed by atoms with van der Waals surface area (Å²) in [6.45, 7) is 2.93. The molecular weight excluding hydrogens is 464 g/mol. The summed E-state index contributed by atoms with van der Waals surface area (Å²) in [5, 5.41) is 0. The van der Waals surface area contributed by atoms with E-state index in [1.54, 1.807) is 0 Å². The number of alkyl halides is 6. The number of esters is 2. The number of hydrogen-bond acceptors (Lipinski definition) is 5. The first-order valence-corrected chi connectivity index (χ1v) is 10.0. The Kier molecular flexibility index (Phi) is 7.23. The fourth-order valence-electron chi connectivity index (χ4n) is 2.28. The zero-order valence-corrected chi connectivity index (χ0v) is 17.2. The normalized spacial score (nSPS) is 16.1. The van der Waals surface area contributed by atoms with Gasteiger partial charge in [0.05, 0.1) is 12.0 Å². The maximum absolute atomic E-state index is 12.7. The van der Waals surface area contributed by atoms with Gasteiger partial charge in [-0.2, -0.15) is 24.9 Å². The second-order valence-corrected chi connectivity index (χ2v) is 9.51. The molecule has 11 heteroatoms. The topological polar surface area (TPSA) is 52.6 Å². The second-order valence-electron chi connectivity index (χ2n) is 6.01. The van der Waals surface area contributed by atoms with Crippen molar-refractivity contribution in [2.24, 2.45) is 0 Å². The molecule has 0 aromatic heterocycles. The largest absolute Gasteiger partial charge is 0.458 e. The summed E-state index contributed by atoms with van der Waals surface area (Å²) in [7, 11) is 0. The minimum Gasteiger partial charge on any atom is -0.458 e. The fourth-order valence-corrected chi connectivity index (χ4v) is 3.47. The van der Waals surface area contributed by atoms with E-state index in [0.717, 1.165) is 12.1 Å². The van der Waals surface area contributed by atoms with Gasteiger partial charge in [-0.1, -0.05) is 53.5 Å². The maximum Gasteiger partial charge on any atom is 0.416 e. The van der Waals surface area contributed by atoms with Crippen molar-refractivity contribution >= 4 is 58.5 Å². The van der Waals surface area contributed by atoms with Crippen LogP contribution in [0.5, 0.6) is 0 Å². The van der Waals surface area contributed by atoms with Crippen LogP contribution in [0.25, 0.3) is 0 Å². The van der Waals surface area contributed by atoms with Gasteiger partial charge < -0.3 is 9.47 Å². The van der Waals surface area contributed by atoms with Crippen LogP contribution in [0.15, 0.2) is 36.4 Å². The molecular formula is C17H14Cl3F3O4S. The molecule has 4 nitrogen and oxygen atoms in total. The highest BCUT2D eigenvalue weighted by Gasteiger charge is 2.44. The Morgan fingerprint density at radius 2 is 1.71 bits per heavy atom. The Morgan fingerprint density at radius 3 is 2.14 bits per heavy atom. The zero-order chi connectivity index (χ0) is 21.2. The lowest BCUT2D eigenvalue weighted by Crippen LogP contribution is -2.44. The van der Waals surface area contributed by atoms with Crippen LogP contribution in [0.2, 0.25) is 0 Å². The number of rotatable bonds is 6. The third-order valence-electron chi connectivity index (χ3n) is 3.73. The molecule has 154 valence electrons. The van der Waals surface area contributed by atoms with Crippen molar-refractivity contribution in [3.8, 4) is 0 Å². The van der Waals surface area contributed by atoms with E-state index in [-0.39, 0.29) is 5.57 Å². The molecule has 1 aliphatic rings. The molecule has 0 amide bonds. The molecule has 0 N–H and O–H groups in total. The third-order valence-corrected chi connectivity index (χ3v) is 5.40. The van der Waals surface area contributed by atoms with Gasteiger partial charge in [0.2, 0.25) is 3.79 Å².